The summed E-state index contributed by atoms with van der Waals surface area (Å²) in [6.45, 7) is 1.69. The molecule has 0 radical (unpaired) electrons. The molecule has 2 atom stereocenters. The second-order valence-corrected chi connectivity index (χ2v) is 9.81. The van der Waals surface area contributed by atoms with E-state index in [2.05, 4.69) is 15.1 Å². The van der Waals surface area contributed by atoms with E-state index in [1.165, 1.54) is 20.7 Å². The lowest BCUT2D eigenvalue weighted by molar-refractivity contribution is 0.358. The fourth-order valence-electron chi connectivity index (χ4n) is 3.29. The number of nitrogens with one attached hydrogen (secondary N) is 1. The van der Waals surface area contributed by atoms with Crippen LogP contribution in [0.1, 0.15) is 6.92 Å². The molecule has 1 aromatic carbocycles. The molecule has 0 amide bonds. The van der Waals surface area contributed by atoms with Crippen LogP contribution >= 0.6 is 22.9 Å². The molecule has 4 rings (SSSR count). The van der Waals surface area contributed by atoms with Gasteiger partial charge in [0.05, 0.1) is 22.6 Å². The predicted molar refractivity (Wildman–Crippen MR) is 111 cm³/mol. The zero-order valence-electron chi connectivity index (χ0n) is 14.9. The molecule has 142 valence electrons. The highest BCUT2D eigenvalue weighted by Gasteiger charge is 2.44. The maximum Gasteiger partial charge on any atom is 0.246 e. The van der Waals surface area contributed by atoms with Crippen molar-refractivity contribution >= 4 is 55.3 Å². The van der Waals surface area contributed by atoms with E-state index in [-0.39, 0.29) is 0 Å². The first-order valence-electron chi connectivity index (χ1n) is 8.22. The third-order valence-electron chi connectivity index (χ3n) is 4.67. The van der Waals surface area contributed by atoms with Crippen LogP contribution < -0.4 is 4.31 Å². The second-order valence-electron chi connectivity index (χ2n) is 6.38. The fraction of sp³-hybridized carbons (Fsp3) is 0.294. The Kier molecular flexibility index (Phi) is 4.40. The first kappa shape index (κ1) is 18.3. The van der Waals surface area contributed by atoms with Crippen molar-refractivity contribution in [2.75, 3.05) is 18.4 Å². The molecule has 1 aliphatic heterocycles. The average Bonchev–Trinajstić information content (AvgIpc) is 3.33. The summed E-state index contributed by atoms with van der Waals surface area (Å²) in [5.41, 5.74) is 1.88. The number of rotatable bonds is 4. The number of halogens is 1. The quantitative estimate of drug-likeness (QED) is 0.515. The number of anilines is 1. The van der Waals surface area contributed by atoms with Gasteiger partial charge in [-0.05, 0) is 19.1 Å². The van der Waals surface area contributed by atoms with Crippen molar-refractivity contribution in [3.05, 3.63) is 35.8 Å². The number of aromatic nitrogens is 2. The first-order chi connectivity index (χ1) is 12.8. The van der Waals surface area contributed by atoms with Crippen LogP contribution in [-0.2, 0) is 10.0 Å². The number of hydrogen-bond acceptors (Lipinski definition) is 6. The molecule has 3 heterocycles. The van der Waals surface area contributed by atoms with Crippen molar-refractivity contribution in [2.45, 2.75) is 17.7 Å². The van der Waals surface area contributed by atoms with Crippen LogP contribution in [0.4, 0.5) is 5.69 Å². The van der Waals surface area contributed by atoms with Gasteiger partial charge in [-0.2, -0.15) is 5.10 Å². The van der Waals surface area contributed by atoms with Gasteiger partial charge in [-0.3, -0.25) is 9.31 Å². The van der Waals surface area contributed by atoms with Crippen molar-refractivity contribution in [3.8, 4) is 10.7 Å². The van der Waals surface area contributed by atoms with Crippen LogP contribution in [0.15, 0.2) is 40.9 Å². The van der Waals surface area contributed by atoms with E-state index in [1.54, 1.807) is 33.3 Å². The van der Waals surface area contributed by atoms with Crippen molar-refractivity contribution in [1.82, 2.24) is 15.0 Å². The molecule has 10 heteroatoms. The number of nitrogens with zero attached hydrogens (tertiary/aromatic N) is 4. The van der Waals surface area contributed by atoms with Crippen molar-refractivity contribution in [2.24, 2.45) is 5.10 Å². The van der Waals surface area contributed by atoms with Crippen LogP contribution in [-0.4, -0.2) is 54.0 Å². The van der Waals surface area contributed by atoms with Crippen LogP contribution in [0.3, 0.4) is 0 Å². The number of H-pyrrole nitrogens is 1. The van der Waals surface area contributed by atoms with Crippen molar-refractivity contribution in [3.63, 3.8) is 0 Å². The lowest BCUT2D eigenvalue weighted by Crippen LogP contribution is -2.45. The first-order valence-corrected chi connectivity index (χ1v) is 11.0. The Morgan fingerprint density at radius 3 is 2.78 bits per heavy atom. The minimum Gasteiger partial charge on any atom is -0.351 e. The van der Waals surface area contributed by atoms with E-state index in [0.717, 1.165) is 21.6 Å². The van der Waals surface area contributed by atoms with Gasteiger partial charge in [0.25, 0.3) is 0 Å². The highest BCUT2D eigenvalue weighted by Crippen LogP contribution is 2.34. The lowest BCUT2D eigenvalue weighted by Gasteiger charge is -2.26. The predicted octanol–water partition coefficient (Wildman–Crippen LogP) is 3.31. The molecule has 0 fully saturated rings. The van der Waals surface area contributed by atoms with E-state index in [9.17, 15) is 8.42 Å². The largest absolute Gasteiger partial charge is 0.351 e. The minimum atomic E-state index is -3.76. The van der Waals surface area contributed by atoms with Crippen LogP contribution in [0.25, 0.3) is 21.6 Å². The fourth-order valence-corrected chi connectivity index (χ4v) is 6.23. The Hall–Kier alpha value is -2.10. The second kappa shape index (κ2) is 6.50. The molecule has 7 nitrogen and oxygen atoms in total. The Bertz CT molecular complexity index is 1120. The topological polar surface area (TPSA) is 81.7 Å². The van der Waals surface area contributed by atoms with E-state index in [0.29, 0.717) is 11.4 Å². The van der Waals surface area contributed by atoms with Crippen molar-refractivity contribution in [1.29, 1.82) is 0 Å². The van der Waals surface area contributed by atoms with Gasteiger partial charge in [0.2, 0.25) is 10.0 Å². The monoisotopic (exact) mass is 423 g/mol. The molecule has 3 aromatic rings. The third kappa shape index (κ3) is 2.90. The number of hydrogen-bond donors (Lipinski definition) is 1. The van der Waals surface area contributed by atoms with Gasteiger partial charge >= 0.3 is 0 Å². The summed E-state index contributed by atoms with van der Waals surface area (Å²) >= 11 is 7.84. The molecule has 2 unspecified atom stereocenters. The molecule has 1 N–H and O–H groups in total. The highest BCUT2D eigenvalue weighted by molar-refractivity contribution is 7.94. The smallest absolute Gasteiger partial charge is 0.246 e. The molecule has 0 saturated heterocycles. The standard InChI is InChI=1S/C17H18ClN5O2S2/c1-10-15(16(18)22(2)21-10)27(24,25)23(3)13-6-4-5-11-9-12(20-14(11)13)17-19-7-8-26-17/h4-9,15-16,20H,1-3H3. The minimum absolute atomic E-state index is 0.478. The summed E-state index contributed by atoms with van der Waals surface area (Å²) in [4.78, 5) is 7.62. The molecule has 0 bridgehead atoms. The summed E-state index contributed by atoms with van der Waals surface area (Å²) < 4.78 is 27.9. The number of para-hydroxylation sites is 1. The summed E-state index contributed by atoms with van der Waals surface area (Å²) in [7, 11) is -0.549. The Morgan fingerprint density at radius 2 is 2.15 bits per heavy atom. The highest BCUT2D eigenvalue weighted by atomic mass is 35.5. The summed E-state index contributed by atoms with van der Waals surface area (Å²) in [6.07, 6.45) is 1.74. The average molecular weight is 424 g/mol. The molecular weight excluding hydrogens is 406 g/mol. The van der Waals surface area contributed by atoms with E-state index >= 15 is 0 Å². The zero-order valence-corrected chi connectivity index (χ0v) is 17.3. The van der Waals surface area contributed by atoms with E-state index in [1.807, 2.05) is 23.6 Å². The van der Waals surface area contributed by atoms with Gasteiger partial charge in [-0.25, -0.2) is 13.4 Å². The molecule has 0 saturated carbocycles. The van der Waals surface area contributed by atoms with Crippen LogP contribution in [0.2, 0.25) is 0 Å². The molecule has 27 heavy (non-hydrogen) atoms. The molecule has 2 aromatic heterocycles. The van der Waals surface area contributed by atoms with E-state index < -0.39 is 20.8 Å². The number of aromatic amines is 1. The normalized spacial score (nSPS) is 20.3. The molecular formula is C17H18ClN5O2S2. The lowest BCUT2D eigenvalue weighted by atomic mass is 10.2. The van der Waals surface area contributed by atoms with E-state index in [4.69, 9.17) is 11.6 Å². The SMILES string of the molecule is CC1=NN(C)C(Cl)C1S(=O)(=O)N(C)c1cccc2cc(-c3nccs3)[nH]c12. The summed E-state index contributed by atoms with van der Waals surface area (Å²) in [6, 6.07) is 7.52. The number of hydrazone groups is 1. The molecule has 0 aliphatic carbocycles. The number of fused-ring (bicyclic) bond motifs is 1. The van der Waals surface area contributed by atoms with Crippen LogP contribution in [0, 0.1) is 0 Å². The molecule has 1 aliphatic rings. The van der Waals surface area contributed by atoms with Gasteiger partial charge in [0, 0.05) is 31.1 Å². The number of sulfonamides is 1. The van der Waals surface area contributed by atoms with Crippen molar-refractivity contribution < 1.29 is 8.42 Å². The maximum absolute atomic E-state index is 13.3. The van der Waals surface area contributed by atoms with Crippen LogP contribution in [0.5, 0.6) is 0 Å². The zero-order chi connectivity index (χ0) is 19.3. The third-order valence-corrected chi connectivity index (χ3v) is 8.36. The molecule has 0 spiro atoms. The Labute approximate surface area is 166 Å². The number of alkyl halides is 1. The number of thiazole rings is 1. The Balaban J connectivity index is 1.79. The summed E-state index contributed by atoms with van der Waals surface area (Å²) in [5.74, 6) is 0. The summed E-state index contributed by atoms with van der Waals surface area (Å²) in [5, 5.41) is 8.43. The van der Waals surface area contributed by atoms with Gasteiger partial charge < -0.3 is 4.98 Å². The van der Waals surface area contributed by atoms with Gasteiger partial charge in [0.1, 0.15) is 10.5 Å². The number of benzene rings is 1. The van der Waals surface area contributed by atoms with Gasteiger partial charge in [0.15, 0.2) is 5.25 Å². The van der Waals surface area contributed by atoms with Gasteiger partial charge in [-0.15, -0.1) is 11.3 Å². The Morgan fingerprint density at radius 1 is 1.37 bits per heavy atom. The van der Waals surface area contributed by atoms with Gasteiger partial charge in [-0.1, -0.05) is 23.7 Å². The maximum atomic E-state index is 13.3.